The summed E-state index contributed by atoms with van der Waals surface area (Å²) >= 11 is 5.86. The van der Waals surface area contributed by atoms with Crippen molar-refractivity contribution in [2.45, 2.75) is 49.4 Å². The summed E-state index contributed by atoms with van der Waals surface area (Å²) < 4.78 is 0. The van der Waals surface area contributed by atoms with Gasteiger partial charge in [0.15, 0.2) is 0 Å². The molecule has 0 aromatic carbocycles. The second-order valence-electron chi connectivity index (χ2n) is 5.14. The van der Waals surface area contributed by atoms with Crippen molar-refractivity contribution in [3.8, 4) is 0 Å². The molecule has 4 atom stereocenters. The van der Waals surface area contributed by atoms with Crippen molar-refractivity contribution in [3.05, 3.63) is 0 Å². The Morgan fingerprint density at radius 2 is 0.762 bits per heavy atom. The maximum atomic E-state index is 9.54. The third-order valence-electron chi connectivity index (χ3n) is 2.52. The van der Waals surface area contributed by atoms with E-state index in [2.05, 4.69) is 0 Å². The Balaban J connectivity index is 4.85. The molecule has 0 saturated heterocycles. The summed E-state index contributed by atoms with van der Waals surface area (Å²) in [7, 11) is 0. The van der Waals surface area contributed by atoms with Crippen molar-refractivity contribution in [1.29, 1.82) is 0 Å². The van der Waals surface area contributed by atoms with Gasteiger partial charge in [-0.15, -0.1) is 47.0 Å². The van der Waals surface area contributed by atoms with Gasteiger partial charge in [-0.3, -0.25) is 0 Å². The van der Waals surface area contributed by atoms with Crippen molar-refractivity contribution in [3.63, 3.8) is 0 Å². The van der Waals surface area contributed by atoms with Gasteiger partial charge in [-0.25, -0.2) is 0 Å². The van der Waals surface area contributed by atoms with Gasteiger partial charge in [-0.1, -0.05) is 0 Å². The third kappa shape index (κ3) is 12.3. The minimum atomic E-state index is -0.450. The molecule has 0 heterocycles. The van der Waals surface area contributed by atoms with Crippen molar-refractivity contribution in [2.24, 2.45) is 5.41 Å². The highest BCUT2D eigenvalue weighted by molar-refractivity contribution is 8.02. The SMILES string of the molecule is CC(O)SCC(CSC(C)O)(CSC(C)O)CSC(C)O. The van der Waals surface area contributed by atoms with Crippen LogP contribution < -0.4 is 0 Å². The molecule has 0 aliphatic carbocycles. The smallest absolute Gasteiger partial charge is 0.0964 e. The molecule has 0 saturated carbocycles. The quantitative estimate of drug-likeness (QED) is 0.386. The standard InChI is InChI=1S/C13H28O4S4/c1-9(14)18-5-13(6-19-10(2)15,7-20-11(3)16)8-21-12(4)17/h9-12,14-17H,5-8H2,1-4H3. The first-order chi connectivity index (χ1) is 9.67. The van der Waals surface area contributed by atoms with E-state index >= 15 is 0 Å². The molecule has 8 heteroatoms. The molecule has 0 radical (unpaired) electrons. The van der Waals surface area contributed by atoms with Crippen LogP contribution in [0.2, 0.25) is 0 Å². The maximum absolute atomic E-state index is 9.54. The Kier molecular flexibility index (Phi) is 12.4. The topological polar surface area (TPSA) is 80.9 Å². The van der Waals surface area contributed by atoms with E-state index in [1.165, 1.54) is 47.0 Å². The van der Waals surface area contributed by atoms with Gasteiger partial charge in [-0.05, 0) is 27.7 Å². The van der Waals surface area contributed by atoms with Crippen LogP contribution in [0.1, 0.15) is 27.7 Å². The molecule has 4 nitrogen and oxygen atoms in total. The molecule has 0 spiro atoms. The molecule has 0 aliphatic heterocycles. The highest BCUT2D eigenvalue weighted by Gasteiger charge is 2.32. The van der Waals surface area contributed by atoms with E-state index < -0.39 is 21.7 Å². The van der Waals surface area contributed by atoms with Gasteiger partial charge in [0.25, 0.3) is 0 Å². The number of hydrogen-bond acceptors (Lipinski definition) is 8. The van der Waals surface area contributed by atoms with Crippen LogP contribution in [0.5, 0.6) is 0 Å². The Labute approximate surface area is 145 Å². The zero-order valence-electron chi connectivity index (χ0n) is 13.1. The minimum absolute atomic E-state index is 0.160. The predicted octanol–water partition coefficient (Wildman–Crippen LogP) is 2.26. The van der Waals surface area contributed by atoms with Gasteiger partial charge in [0, 0.05) is 28.4 Å². The molecular formula is C13H28O4S4. The molecule has 0 amide bonds. The first kappa shape index (κ1) is 22.2. The molecule has 4 N–H and O–H groups in total. The highest BCUT2D eigenvalue weighted by atomic mass is 32.2. The van der Waals surface area contributed by atoms with Crippen LogP contribution in [0.15, 0.2) is 0 Å². The average Bonchev–Trinajstić information content (AvgIpc) is 2.36. The molecular weight excluding hydrogens is 348 g/mol. The van der Waals surface area contributed by atoms with E-state index in [0.29, 0.717) is 0 Å². The Morgan fingerprint density at radius 1 is 0.571 bits per heavy atom. The van der Waals surface area contributed by atoms with Crippen molar-refractivity contribution < 1.29 is 20.4 Å². The molecule has 0 aromatic heterocycles. The van der Waals surface area contributed by atoms with Crippen LogP contribution >= 0.6 is 47.0 Å². The monoisotopic (exact) mass is 376 g/mol. The molecule has 21 heavy (non-hydrogen) atoms. The lowest BCUT2D eigenvalue weighted by Crippen LogP contribution is -2.35. The molecule has 4 unspecified atom stereocenters. The summed E-state index contributed by atoms with van der Waals surface area (Å²) in [6.45, 7) is 6.95. The Hall–Kier alpha value is 1.24. The average molecular weight is 377 g/mol. The predicted molar refractivity (Wildman–Crippen MR) is 99.0 cm³/mol. The molecule has 0 rings (SSSR count). The Morgan fingerprint density at radius 3 is 0.905 bits per heavy atom. The zero-order chi connectivity index (χ0) is 16.5. The summed E-state index contributed by atoms with van der Waals surface area (Å²) in [4.78, 5) is 0. The third-order valence-corrected chi connectivity index (χ3v) is 7.57. The lowest BCUT2D eigenvalue weighted by Gasteiger charge is -2.34. The lowest BCUT2D eigenvalue weighted by molar-refractivity contribution is 0.279. The molecule has 0 aliphatic rings. The van der Waals surface area contributed by atoms with E-state index in [0.717, 1.165) is 23.0 Å². The number of hydrogen-bond donors (Lipinski definition) is 4. The first-order valence-corrected chi connectivity index (χ1v) is 11.0. The van der Waals surface area contributed by atoms with Gasteiger partial charge in [-0.2, -0.15) is 0 Å². The molecule has 0 fully saturated rings. The number of thioether (sulfide) groups is 4. The minimum Gasteiger partial charge on any atom is -0.383 e. The fraction of sp³-hybridized carbons (Fsp3) is 1.00. The van der Waals surface area contributed by atoms with E-state index in [-0.39, 0.29) is 5.41 Å². The lowest BCUT2D eigenvalue weighted by atomic mass is 9.99. The summed E-state index contributed by atoms with van der Waals surface area (Å²) in [5, 5.41) is 38.2. The normalized spacial score (nSPS) is 20.6. The van der Waals surface area contributed by atoms with Gasteiger partial charge in [0.2, 0.25) is 0 Å². The van der Waals surface area contributed by atoms with E-state index in [1.807, 2.05) is 0 Å². The number of aliphatic hydroxyl groups is 4. The van der Waals surface area contributed by atoms with Crippen LogP contribution in [-0.4, -0.2) is 65.2 Å². The van der Waals surface area contributed by atoms with Crippen LogP contribution in [0.25, 0.3) is 0 Å². The van der Waals surface area contributed by atoms with E-state index in [4.69, 9.17) is 0 Å². The molecule has 128 valence electrons. The summed E-state index contributed by atoms with van der Waals surface area (Å²) in [5.41, 5.74) is -1.96. The zero-order valence-corrected chi connectivity index (χ0v) is 16.3. The summed E-state index contributed by atoms with van der Waals surface area (Å²) in [5.74, 6) is 2.90. The van der Waals surface area contributed by atoms with Gasteiger partial charge in [0.05, 0.1) is 21.7 Å². The number of aliphatic hydroxyl groups excluding tert-OH is 4. The largest absolute Gasteiger partial charge is 0.383 e. The van der Waals surface area contributed by atoms with Gasteiger partial charge >= 0.3 is 0 Å². The Bertz CT molecular complexity index is 209. The van der Waals surface area contributed by atoms with Gasteiger partial charge < -0.3 is 20.4 Å². The molecule has 0 bridgehead atoms. The van der Waals surface area contributed by atoms with Crippen LogP contribution in [0.3, 0.4) is 0 Å². The van der Waals surface area contributed by atoms with Crippen molar-refractivity contribution in [2.75, 3.05) is 23.0 Å². The second-order valence-corrected chi connectivity index (χ2v) is 10.4. The van der Waals surface area contributed by atoms with Crippen molar-refractivity contribution >= 4 is 47.0 Å². The van der Waals surface area contributed by atoms with E-state index in [1.54, 1.807) is 27.7 Å². The second kappa shape index (κ2) is 11.7. The maximum Gasteiger partial charge on any atom is 0.0964 e. The van der Waals surface area contributed by atoms with Crippen molar-refractivity contribution in [1.82, 2.24) is 0 Å². The highest BCUT2D eigenvalue weighted by Crippen LogP contribution is 2.38. The molecule has 0 aromatic rings. The fourth-order valence-corrected chi connectivity index (χ4v) is 5.82. The summed E-state index contributed by atoms with van der Waals surface area (Å²) in [6.07, 6.45) is 0. The van der Waals surface area contributed by atoms with Gasteiger partial charge in [0.1, 0.15) is 0 Å². The fourth-order valence-electron chi connectivity index (χ4n) is 1.44. The van der Waals surface area contributed by atoms with E-state index in [9.17, 15) is 20.4 Å². The van der Waals surface area contributed by atoms with Crippen LogP contribution in [0.4, 0.5) is 0 Å². The first-order valence-electron chi connectivity index (χ1n) is 6.85. The number of rotatable bonds is 12. The van der Waals surface area contributed by atoms with Crippen LogP contribution in [-0.2, 0) is 0 Å². The van der Waals surface area contributed by atoms with Crippen LogP contribution in [0, 0.1) is 5.41 Å². The summed E-state index contributed by atoms with van der Waals surface area (Å²) in [6, 6.07) is 0.